The summed E-state index contributed by atoms with van der Waals surface area (Å²) in [7, 11) is 0. The first kappa shape index (κ1) is 16.5. The van der Waals surface area contributed by atoms with Crippen molar-refractivity contribution in [2.75, 3.05) is 31.2 Å². The van der Waals surface area contributed by atoms with E-state index in [4.69, 9.17) is 9.72 Å². The maximum absolute atomic E-state index is 5.47. The quantitative estimate of drug-likeness (QED) is 0.572. The number of aromatic nitrogens is 3. The third-order valence-corrected chi connectivity index (χ3v) is 5.99. The second-order valence-electron chi connectivity index (χ2n) is 6.69. The maximum atomic E-state index is 5.47. The summed E-state index contributed by atoms with van der Waals surface area (Å²) < 4.78 is 5.47. The number of aromatic amines is 1. The first-order valence-corrected chi connectivity index (χ1v) is 9.94. The van der Waals surface area contributed by atoms with Gasteiger partial charge in [-0.2, -0.15) is 0 Å². The van der Waals surface area contributed by atoms with Crippen LogP contribution in [0.4, 0.5) is 5.13 Å². The molecule has 5 nitrogen and oxygen atoms in total. The van der Waals surface area contributed by atoms with E-state index >= 15 is 0 Å². The number of pyridine rings is 1. The molecule has 0 aliphatic carbocycles. The summed E-state index contributed by atoms with van der Waals surface area (Å²) in [4.78, 5) is 16.4. The number of aryl methyl sites for hydroxylation is 1. The monoisotopic (exact) mass is 376 g/mol. The molecule has 5 rings (SSSR count). The Morgan fingerprint density at radius 3 is 2.74 bits per heavy atom. The number of benzene rings is 1. The smallest absolute Gasteiger partial charge is 0.186 e. The fourth-order valence-electron chi connectivity index (χ4n) is 3.51. The van der Waals surface area contributed by atoms with Gasteiger partial charge < -0.3 is 14.6 Å². The van der Waals surface area contributed by atoms with E-state index in [-0.39, 0.29) is 0 Å². The van der Waals surface area contributed by atoms with E-state index < -0.39 is 0 Å². The predicted octanol–water partition coefficient (Wildman–Crippen LogP) is 4.50. The lowest BCUT2D eigenvalue weighted by molar-refractivity contribution is 0.122. The number of nitrogens with zero attached hydrogens (tertiary/aromatic N) is 3. The van der Waals surface area contributed by atoms with Gasteiger partial charge in [0.15, 0.2) is 5.13 Å². The SMILES string of the molecule is Cc1sc(N2CCOCC2)nc1-c1c[nH]c2ncc(-c3ccccc3)cc12. The van der Waals surface area contributed by atoms with E-state index in [9.17, 15) is 0 Å². The van der Waals surface area contributed by atoms with Gasteiger partial charge in [-0.3, -0.25) is 0 Å². The number of hydrogen-bond donors (Lipinski definition) is 1. The zero-order chi connectivity index (χ0) is 18.2. The van der Waals surface area contributed by atoms with Gasteiger partial charge in [0, 0.05) is 46.9 Å². The molecule has 1 aliphatic heterocycles. The average Bonchev–Trinajstić information content (AvgIpc) is 3.32. The molecule has 4 aromatic rings. The molecule has 1 aliphatic rings. The number of thiazole rings is 1. The summed E-state index contributed by atoms with van der Waals surface area (Å²) in [5.41, 5.74) is 5.33. The van der Waals surface area contributed by atoms with Crippen LogP contribution >= 0.6 is 11.3 Å². The summed E-state index contributed by atoms with van der Waals surface area (Å²) in [6.45, 7) is 5.49. The van der Waals surface area contributed by atoms with Crippen LogP contribution in [0.25, 0.3) is 33.4 Å². The van der Waals surface area contributed by atoms with E-state index in [1.54, 1.807) is 11.3 Å². The van der Waals surface area contributed by atoms with E-state index in [1.807, 2.05) is 18.5 Å². The summed E-state index contributed by atoms with van der Waals surface area (Å²) >= 11 is 1.75. The lowest BCUT2D eigenvalue weighted by atomic mass is 10.0. The highest BCUT2D eigenvalue weighted by atomic mass is 32.1. The van der Waals surface area contributed by atoms with Crippen LogP contribution in [0.2, 0.25) is 0 Å². The lowest BCUT2D eigenvalue weighted by Crippen LogP contribution is -2.36. The van der Waals surface area contributed by atoms with Gasteiger partial charge in [-0.05, 0) is 18.6 Å². The second-order valence-corrected chi connectivity index (χ2v) is 7.87. The molecule has 3 aromatic heterocycles. The summed E-state index contributed by atoms with van der Waals surface area (Å²) in [6.07, 6.45) is 3.95. The van der Waals surface area contributed by atoms with Gasteiger partial charge in [0.05, 0.1) is 18.9 Å². The molecule has 136 valence electrons. The van der Waals surface area contributed by atoms with E-state index in [2.05, 4.69) is 52.1 Å². The van der Waals surface area contributed by atoms with Crippen LogP contribution in [-0.4, -0.2) is 41.3 Å². The van der Waals surface area contributed by atoms with Crippen molar-refractivity contribution in [2.45, 2.75) is 6.92 Å². The van der Waals surface area contributed by atoms with Crippen molar-refractivity contribution in [3.8, 4) is 22.4 Å². The molecule has 0 saturated carbocycles. The molecule has 0 radical (unpaired) electrons. The van der Waals surface area contributed by atoms with Crippen molar-refractivity contribution in [1.82, 2.24) is 15.0 Å². The average molecular weight is 376 g/mol. The van der Waals surface area contributed by atoms with E-state index in [1.165, 1.54) is 10.4 Å². The minimum absolute atomic E-state index is 0.769. The van der Waals surface area contributed by atoms with Gasteiger partial charge in [-0.15, -0.1) is 11.3 Å². The Labute approximate surface area is 161 Å². The Morgan fingerprint density at radius 1 is 1.11 bits per heavy atom. The molecule has 1 aromatic carbocycles. The molecule has 0 spiro atoms. The molecule has 1 fully saturated rings. The van der Waals surface area contributed by atoms with Crippen LogP contribution in [0.15, 0.2) is 48.8 Å². The zero-order valence-electron chi connectivity index (χ0n) is 15.1. The van der Waals surface area contributed by atoms with Crippen LogP contribution in [0.3, 0.4) is 0 Å². The molecule has 4 heterocycles. The number of anilines is 1. The van der Waals surface area contributed by atoms with Crippen LogP contribution in [0.5, 0.6) is 0 Å². The standard InChI is InChI=1S/C21H20N4OS/c1-14-19(24-21(27-14)25-7-9-26-10-8-25)18-13-23-20-17(18)11-16(12-22-20)15-5-3-2-4-6-15/h2-6,11-13H,7-10H2,1H3,(H,22,23). The number of ether oxygens (including phenoxy) is 1. The second kappa shape index (κ2) is 6.79. The van der Waals surface area contributed by atoms with Crippen LogP contribution in [0, 0.1) is 6.92 Å². The molecule has 0 amide bonds. The van der Waals surface area contributed by atoms with Crippen LogP contribution < -0.4 is 4.90 Å². The largest absolute Gasteiger partial charge is 0.378 e. The highest BCUT2D eigenvalue weighted by Crippen LogP contribution is 2.37. The highest BCUT2D eigenvalue weighted by molar-refractivity contribution is 7.16. The first-order chi connectivity index (χ1) is 13.3. The molecule has 1 saturated heterocycles. The van der Waals surface area contributed by atoms with Gasteiger partial charge in [-0.1, -0.05) is 30.3 Å². The Kier molecular flexibility index (Phi) is 4.14. The zero-order valence-corrected chi connectivity index (χ0v) is 15.9. The first-order valence-electron chi connectivity index (χ1n) is 9.12. The Balaban J connectivity index is 1.58. The van der Waals surface area contributed by atoms with Gasteiger partial charge in [0.25, 0.3) is 0 Å². The molecule has 6 heteroatoms. The van der Waals surface area contributed by atoms with E-state index in [0.717, 1.165) is 59.3 Å². The molecule has 0 atom stereocenters. The van der Waals surface area contributed by atoms with Crippen molar-refractivity contribution < 1.29 is 4.74 Å². The minimum atomic E-state index is 0.769. The highest BCUT2D eigenvalue weighted by Gasteiger charge is 2.19. The summed E-state index contributed by atoms with van der Waals surface area (Å²) in [6, 6.07) is 12.6. The van der Waals surface area contributed by atoms with Gasteiger partial charge in [-0.25, -0.2) is 9.97 Å². The number of fused-ring (bicyclic) bond motifs is 1. The third-order valence-electron chi connectivity index (χ3n) is 4.96. The fourth-order valence-corrected chi connectivity index (χ4v) is 4.48. The number of morpholine rings is 1. The molecule has 0 unspecified atom stereocenters. The summed E-state index contributed by atoms with van der Waals surface area (Å²) in [5.74, 6) is 0. The Morgan fingerprint density at radius 2 is 1.93 bits per heavy atom. The van der Waals surface area contributed by atoms with Crippen LogP contribution in [-0.2, 0) is 4.74 Å². The van der Waals surface area contributed by atoms with Gasteiger partial charge in [0.2, 0.25) is 0 Å². The number of H-pyrrole nitrogens is 1. The molecular weight excluding hydrogens is 356 g/mol. The molecule has 1 N–H and O–H groups in total. The topological polar surface area (TPSA) is 54.0 Å². The maximum Gasteiger partial charge on any atom is 0.186 e. The van der Waals surface area contributed by atoms with Crippen molar-refractivity contribution in [3.63, 3.8) is 0 Å². The third kappa shape index (κ3) is 3.01. The Bertz CT molecular complexity index is 1080. The Hall–Kier alpha value is -2.70. The van der Waals surface area contributed by atoms with Gasteiger partial charge in [0.1, 0.15) is 5.65 Å². The molecule has 0 bridgehead atoms. The minimum Gasteiger partial charge on any atom is -0.378 e. The predicted molar refractivity (Wildman–Crippen MR) is 110 cm³/mol. The number of hydrogen-bond acceptors (Lipinski definition) is 5. The van der Waals surface area contributed by atoms with E-state index in [0.29, 0.717) is 0 Å². The van der Waals surface area contributed by atoms with Crippen LogP contribution in [0.1, 0.15) is 4.88 Å². The van der Waals surface area contributed by atoms with Crippen molar-refractivity contribution in [2.24, 2.45) is 0 Å². The number of nitrogens with one attached hydrogen (secondary N) is 1. The lowest BCUT2D eigenvalue weighted by Gasteiger charge is -2.26. The van der Waals surface area contributed by atoms with Crippen molar-refractivity contribution in [1.29, 1.82) is 0 Å². The summed E-state index contributed by atoms with van der Waals surface area (Å²) in [5, 5.41) is 2.19. The molecule has 27 heavy (non-hydrogen) atoms. The molecular formula is C21H20N4OS. The number of rotatable bonds is 3. The normalized spacial score (nSPS) is 14.8. The fraction of sp³-hybridized carbons (Fsp3) is 0.238. The van der Waals surface area contributed by atoms with Crippen molar-refractivity contribution in [3.05, 3.63) is 53.7 Å². The van der Waals surface area contributed by atoms with Gasteiger partial charge >= 0.3 is 0 Å². The van der Waals surface area contributed by atoms with Crippen molar-refractivity contribution >= 4 is 27.5 Å².